The average Bonchev–Trinajstić information content (AvgIpc) is 2.11. The van der Waals surface area contributed by atoms with E-state index >= 15 is 0 Å². The summed E-state index contributed by atoms with van der Waals surface area (Å²) in [6.07, 6.45) is 1.18. The molecule has 0 bridgehead atoms. The molecular formula is C9H9NO2. The maximum atomic E-state index is 8.65. The second-order valence-corrected chi connectivity index (χ2v) is 1.85. The molecule has 0 aliphatic carbocycles. The van der Waals surface area contributed by atoms with Crippen molar-refractivity contribution in [2.75, 3.05) is 0 Å². The number of phenolic OH excluding ortho intramolecular Hbond substituents is 2. The lowest BCUT2D eigenvalue weighted by molar-refractivity contribution is 0.460. The predicted octanol–water partition coefficient (Wildman–Crippen LogP) is 1.79. The molecule has 0 radical (unpaired) electrons. The molecule has 0 spiro atoms. The zero-order valence-electron chi connectivity index (χ0n) is 6.44. The van der Waals surface area contributed by atoms with Crippen LogP contribution in [0.3, 0.4) is 0 Å². The van der Waals surface area contributed by atoms with Gasteiger partial charge in [-0.15, -0.1) is 0 Å². The van der Waals surface area contributed by atoms with Crippen molar-refractivity contribution in [2.45, 2.75) is 0 Å². The van der Waals surface area contributed by atoms with Crippen LogP contribution in [0.2, 0.25) is 0 Å². The van der Waals surface area contributed by atoms with Crippen LogP contribution in [0.1, 0.15) is 0 Å². The maximum absolute atomic E-state index is 8.65. The monoisotopic (exact) mass is 163 g/mol. The zero-order chi connectivity index (χ0) is 9.40. The summed E-state index contributed by atoms with van der Waals surface area (Å²) in [5, 5.41) is 24.8. The first-order chi connectivity index (χ1) is 5.70. The summed E-state index contributed by atoms with van der Waals surface area (Å²) in [4.78, 5) is 0. The van der Waals surface area contributed by atoms with Crippen molar-refractivity contribution in [2.24, 2.45) is 0 Å². The summed E-state index contributed by atoms with van der Waals surface area (Å²) in [6, 6.07) is 7.40. The SMILES string of the molecule is C=CC#N.Oc1ccc(O)cc1. The smallest absolute Gasteiger partial charge is 0.115 e. The van der Waals surface area contributed by atoms with Crippen LogP contribution < -0.4 is 0 Å². The molecule has 0 fully saturated rings. The molecule has 3 nitrogen and oxygen atoms in total. The summed E-state index contributed by atoms with van der Waals surface area (Å²) in [5.74, 6) is 0.339. The number of hydrogen-bond acceptors (Lipinski definition) is 3. The van der Waals surface area contributed by atoms with E-state index in [0.717, 1.165) is 0 Å². The molecule has 3 heteroatoms. The molecule has 0 aliphatic heterocycles. The van der Waals surface area contributed by atoms with Gasteiger partial charge in [-0.05, 0) is 24.3 Å². The van der Waals surface area contributed by atoms with Crippen LogP contribution >= 0.6 is 0 Å². The highest BCUT2D eigenvalue weighted by Gasteiger charge is 1.84. The van der Waals surface area contributed by atoms with Gasteiger partial charge in [0.1, 0.15) is 11.5 Å². The molecule has 0 heterocycles. The topological polar surface area (TPSA) is 64.2 Å². The third-order valence-electron chi connectivity index (χ3n) is 0.941. The Kier molecular flexibility index (Phi) is 4.86. The highest BCUT2D eigenvalue weighted by atomic mass is 16.3. The van der Waals surface area contributed by atoms with E-state index in [1.54, 1.807) is 6.07 Å². The summed E-state index contributed by atoms with van der Waals surface area (Å²) in [5.41, 5.74) is 0. The van der Waals surface area contributed by atoms with E-state index in [-0.39, 0.29) is 11.5 Å². The summed E-state index contributed by atoms with van der Waals surface area (Å²) in [6.45, 7) is 3.12. The fourth-order valence-electron chi connectivity index (χ4n) is 0.453. The molecule has 0 aliphatic rings. The molecule has 1 aromatic rings. The van der Waals surface area contributed by atoms with Gasteiger partial charge >= 0.3 is 0 Å². The van der Waals surface area contributed by atoms with Crippen LogP contribution in [0.5, 0.6) is 11.5 Å². The van der Waals surface area contributed by atoms with E-state index in [2.05, 4.69) is 6.58 Å². The fraction of sp³-hybridized carbons (Fsp3) is 0. The predicted molar refractivity (Wildman–Crippen MR) is 45.6 cm³/mol. The summed E-state index contributed by atoms with van der Waals surface area (Å²) in [7, 11) is 0. The normalized spacial score (nSPS) is 7.25. The number of nitriles is 1. The van der Waals surface area contributed by atoms with E-state index in [1.807, 2.05) is 0 Å². The molecule has 0 saturated carbocycles. The first kappa shape index (κ1) is 10.0. The highest BCUT2D eigenvalue weighted by molar-refractivity contribution is 5.28. The van der Waals surface area contributed by atoms with Crippen molar-refractivity contribution >= 4 is 0 Å². The molecule has 0 saturated heterocycles. The Hall–Kier alpha value is -1.95. The standard InChI is InChI=1S/C6H6O2.C3H3N/c7-5-1-2-6(8)4-3-5;1-2-3-4/h1-4,7-8H;2H,1H2. The Morgan fingerprint density at radius 1 is 1.17 bits per heavy atom. The average molecular weight is 163 g/mol. The number of benzene rings is 1. The highest BCUT2D eigenvalue weighted by Crippen LogP contribution is 2.13. The minimum Gasteiger partial charge on any atom is -0.508 e. The lowest BCUT2D eigenvalue weighted by Gasteiger charge is -1.88. The number of nitrogens with zero attached hydrogens (tertiary/aromatic N) is 1. The van der Waals surface area contributed by atoms with Crippen molar-refractivity contribution < 1.29 is 10.2 Å². The minimum absolute atomic E-state index is 0.169. The lowest BCUT2D eigenvalue weighted by Crippen LogP contribution is -1.61. The molecule has 1 rings (SSSR count). The Bertz CT molecular complexity index is 251. The second kappa shape index (κ2) is 5.81. The zero-order valence-corrected chi connectivity index (χ0v) is 6.44. The van der Waals surface area contributed by atoms with Crippen molar-refractivity contribution in [3.05, 3.63) is 36.9 Å². The summed E-state index contributed by atoms with van der Waals surface area (Å²) >= 11 is 0. The third-order valence-corrected chi connectivity index (χ3v) is 0.941. The Morgan fingerprint density at radius 2 is 1.42 bits per heavy atom. The lowest BCUT2D eigenvalue weighted by atomic mass is 10.3. The molecule has 12 heavy (non-hydrogen) atoms. The molecule has 0 unspecified atom stereocenters. The molecule has 62 valence electrons. The number of rotatable bonds is 0. The molecule has 1 aromatic carbocycles. The van der Waals surface area contributed by atoms with Gasteiger partial charge in [-0.3, -0.25) is 0 Å². The fourth-order valence-corrected chi connectivity index (χ4v) is 0.453. The molecule has 2 N–H and O–H groups in total. The van der Waals surface area contributed by atoms with E-state index in [0.29, 0.717) is 0 Å². The third kappa shape index (κ3) is 4.89. The minimum atomic E-state index is 0.169. The van der Waals surface area contributed by atoms with Gasteiger partial charge in [0.25, 0.3) is 0 Å². The van der Waals surface area contributed by atoms with Crippen LogP contribution in [0.4, 0.5) is 0 Å². The maximum Gasteiger partial charge on any atom is 0.115 e. The Morgan fingerprint density at radius 3 is 1.58 bits per heavy atom. The second-order valence-electron chi connectivity index (χ2n) is 1.85. The number of aromatic hydroxyl groups is 2. The van der Waals surface area contributed by atoms with Crippen LogP contribution in [0, 0.1) is 11.3 Å². The first-order valence-electron chi connectivity index (χ1n) is 3.19. The van der Waals surface area contributed by atoms with Crippen molar-refractivity contribution in [1.29, 1.82) is 5.26 Å². The van der Waals surface area contributed by atoms with Gasteiger partial charge in [0.15, 0.2) is 0 Å². The van der Waals surface area contributed by atoms with Crippen molar-refractivity contribution in [1.82, 2.24) is 0 Å². The molecular weight excluding hydrogens is 154 g/mol. The van der Waals surface area contributed by atoms with E-state index in [1.165, 1.54) is 30.3 Å². The van der Waals surface area contributed by atoms with E-state index in [4.69, 9.17) is 15.5 Å². The van der Waals surface area contributed by atoms with Gasteiger partial charge in [0.05, 0.1) is 6.07 Å². The first-order valence-corrected chi connectivity index (χ1v) is 3.19. The molecule has 0 amide bonds. The molecule has 0 atom stereocenters. The summed E-state index contributed by atoms with van der Waals surface area (Å²) < 4.78 is 0. The van der Waals surface area contributed by atoms with Gasteiger partial charge in [-0.25, -0.2) is 0 Å². The van der Waals surface area contributed by atoms with Crippen LogP contribution in [-0.2, 0) is 0 Å². The van der Waals surface area contributed by atoms with Crippen LogP contribution in [-0.4, -0.2) is 10.2 Å². The van der Waals surface area contributed by atoms with Gasteiger partial charge in [-0.2, -0.15) is 5.26 Å². The molecule has 0 aromatic heterocycles. The number of phenols is 2. The largest absolute Gasteiger partial charge is 0.508 e. The van der Waals surface area contributed by atoms with Gasteiger partial charge < -0.3 is 10.2 Å². The van der Waals surface area contributed by atoms with Gasteiger partial charge in [-0.1, -0.05) is 6.58 Å². The number of hydrogen-bond donors (Lipinski definition) is 2. The van der Waals surface area contributed by atoms with Crippen molar-refractivity contribution in [3.63, 3.8) is 0 Å². The van der Waals surface area contributed by atoms with Gasteiger partial charge in [0, 0.05) is 6.08 Å². The van der Waals surface area contributed by atoms with Crippen LogP contribution in [0.15, 0.2) is 36.9 Å². The van der Waals surface area contributed by atoms with E-state index in [9.17, 15) is 0 Å². The van der Waals surface area contributed by atoms with E-state index < -0.39 is 0 Å². The van der Waals surface area contributed by atoms with Crippen molar-refractivity contribution in [3.8, 4) is 17.6 Å². The Balaban J connectivity index is 0.000000261. The Labute approximate surface area is 70.8 Å². The quantitative estimate of drug-likeness (QED) is 0.452. The number of allylic oxidation sites excluding steroid dienone is 1. The van der Waals surface area contributed by atoms with Crippen LogP contribution in [0.25, 0.3) is 0 Å². The van der Waals surface area contributed by atoms with Gasteiger partial charge in [0.2, 0.25) is 0 Å².